The predicted octanol–water partition coefficient (Wildman–Crippen LogP) is 4.73. The monoisotopic (exact) mass is 459 g/mol. The molecule has 3 aromatic rings. The van der Waals surface area contributed by atoms with Gasteiger partial charge in [0.05, 0.1) is 37.3 Å². The van der Waals surface area contributed by atoms with Crippen LogP contribution in [0, 0.1) is 0 Å². The number of nitrogens with one attached hydrogen (secondary N) is 1. The summed E-state index contributed by atoms with van der Waals surface area (Å²) in [6.07, 6.45) is 0.903. The molecule has 0 saturated carbocycles. The molecule has 178 valence electrons. The van der Waals surface area contributed by atoms with Gasteiger partial charge < -0.3 is 21.3 Å². The minimum atomic E-state index is -0.261. The Morgan fingerprint density at radius 2 is 1.44 bits per heavy atom. The fourth-order valence-corrected chi connectivity index (χ4v) is 4.41. The van der Waals surface area contributed by atoms with E-state index >= 15 is 0 Å². The molecule has 0 aliphatic heterocycles. The lowest BCUT2D eigenvalue weighted by molar-refractivity contribution is -0.903. The normalized spacial score (nSPS) is 12.4. The second kappa shape index (κ2) is 10.5. The van der Waals surface area contributed by atoms with E-state index in [4.69, 9.17) is 11.5 Å². The zero-order valence-electron chi connectivity index (χ0n) is 20.5. The van der Waals surface area contributed by atoms with E-state index < -0.39 is 0 Å². The van der Waals surface area contributed by atoms with Crippen molar-refractivity contribution in [2.45, 2.75) is 26.8 Å². The number of rotatable bonds is 7. The first-order chi connectivity index (χ1) is 16.3. The Hall–Kier alpha value is -3.64. The van der Waals surface area contributed by atoms with Crippen LogP contribution in [0.4, 0.5) is 17.1 Å². The molecule has 0 spiro atoms. The maximum absolute atomic E-state index is 13.3. The van der Waals surface area contributed by atoms with E-state index in [0.717, 1.165) is 24.0 Å². The Morgan fingerprint density at radius 1 is 0.765 bits per heavy atom. The third kappa shape index (κ3) is 5.13. The van der Waals surface area contributed by atoms with Crippen LogP contribution in [0.3, 0.4) is 0 Å². The number of quaternary nitrogens is 1. The van der Waals surface area contributed by atoms with Crippen LogP contribution in [0.1, 0.15) is 57.7 Å². The van der Waals surface area contributed by atoms with Gasteiger partial charge in [0.25, 0.3) is 0 Å². The number of nitrogen functional groups attached to an aromatic ring is 2. The Bertz CT molecular complexity index is 1190. The van der Waals surface area contributed by atoms with Crippen LogP contribution in [-0.2, 0) is 6.54 Å². The van der Waals surface area contributed by atoms with Gasteiger partial charge in [-0.15, -0.1) is 0 Å². The molecule has 4 rings (SSSR count). The Balaban J connectivity index is 0.00000158. The van der Waals surface area contributed by atoms with E-state index in [-0.39, 0.29) is 22.7 Å². The number of fused-ring (bicyclic) bond motifs is 2. The zero-order valence-corrected chi connectivity index (χ0v) is 20.5. The molecule has 1 aliphatic carbocycles. The molecule has 1 aliphatic rings. The van der Waals surface area contributed by atoms with Gasteiger partial charge >= 0.3 is 0 Å². The van der Waals surface area contributed by atoms with E-state index in [1.807, 2.05) is 19.9 Å². The highest BCUT2D eigenvalue weighted by Crippen LogP contribution is 2.37. The van der Waals surface area contributed by atoms with Gasteiger partial charge in [0.1, 0.15) is 6.54 Å². The maximum atomic E-state index is 13.3. The summed E-state index contributed by atoms with van der Waals surface area (Å²) in [4.78, 5) is 26.4. The average molecular weight is 460 g/mol. The molecule has 34 heavy (non-hydrogen) atoms. The molecule has 0 atom stereocenters. The van der Waals surface area contributed by atoms with E-state index in [1.165, 1.54) is 5.56 Å². The van der Waals surface area contributed by atoms with Crippen molar-refractivity contribution < 1.29 is 14.1 Å². The van der Waals surface area contributed by atoms with Crippen LogP contribution in [0.2, 0.25) is 0 Å². The number of ketones is 2. The molecule has 0 aromatic heterocycles. The molecule has 0 bridgehead atoms. The highest BCUT2D eigenvalue weighted by atomic mass is 16.1. The molecule has 3 aromatic carbocycles. The van der Waals surface area contributed by atoms with Gasteiger partial charge in [0.2, 0.25) is 0 Å². The summed E-state index contributed by atoms with van der Waals surface area (Å²) >= 11 is 0. The first-order valence-corrected chi connectivity index (χ1v) is 11.8. The Morgan fingerprint density at radius 3 is 2.15 bits per heavy atom. The standard InChI is InChI=1S/C26H28N4O2.C2H6/c1-30(2,16-17-8-4-3-5-9-17)15-7-14-29-21-13-12-20(28)23-24(21)26(32)22-18(25(23)31)10-6-11-19(22)27;1-2/h3-6,8-13H,7,14-16H2,1-2H3,(H4-,27,28,29,31,32);1-2H3/p+1. The minimum Gasteiger partial charge on any atom is -0.398 e. The quantitative estimate of drug-likeness (QED) is 0.211. The van der Waals surface area contributed by atoms with Gasteiger partial charge in [-0.3, -0.25) is 9.59 Å². The fraction of sp³-hybridized carbons (Fsp3) is 0.286. The van der Waals surface area contributed by atoms with E-state index in [9.17, 15) is 9.59 Å². The summed E-state index contributed by atoms with van der Waals surface area (Å²) in [7, 11) is 4.42. The number of benzene rings is 3. The maximum Gasteiger partial charge on any atom is 0.198 e. The van der Waals surface area contributed by atoms with Crippen molar-refractivity contribution in [3.8, 4) is 0 Å². The molecule has 0 amide bonds. The lowest BCUT2D eigenvalue weighted by atomic mass is 9.81. The van der Waals surface area contributed by atoms with Crippen LogP contribution < -0.4 is 16.8 Å². The molecule has 0 saturated heterocycles. The number of hydrogen-bond acceptors (Lipinski definition) is 5. The van der Waals surface area contributed by atoms with Crippen molar-refractivity contribution in [3.63, 3.8) is 0 Å². The largest absolute Gasteiger partial charge is 0.398 e. The lowest BCUT2D eigenvalue weighted by Gasteiger charge is -2.30. The highest BCUT2D eigenvalue weighted by Gasteiger charge is 2.34. The van der Waals surface area contributed by atoms with Crippen molar-refractivity contribution in [2.24, 2.45) is 0 Å². The third-order valence-electron chi connectivity index (χ3n) is 5.97. The number of nitrogens with two attached hydrogens (primary N) is 2. The van der Waals surface area contributed by atoms with Crippen molar-refractivity contribution >= 4 is 28.6 Å². The highest BCUT2D eigenvalue weighted by molar-refractivity contribution is 6.33. The predicted molar refractivity (Wildman–Crippen MR) is 140 cm³/mol. The fourth-order valence-electron chi connectivity index (χ4n) is 4.41. The van der Waals surface area contributed by atoms with E-state index in [2.05, 4.69) is 43.7 Å². The molecule has 6 heteroatoms. The van der Waals surface area contributed by atoms with Gasteiger partial charge in [0.15, 0.2) is 11.6 Å². The van der Waals surface area contributed by atoms with Crippen molar-refractivity contribution in [1.29, 1.82) is 0 Å². The van der Waals surface area contributed by atoms with Gasteiger partial charge in [-0.25, -0.2) is 0 Å². The molecule has 6 nitrogen and oxygen atoms in total. The summed E-state index contributed by atoms with van der Waals surface area (Å²) in [6.45, 7) is 6.58. The average Bonchev–Trinajstić information content (AvgIpc) is 2.82. The number of hydrogen-bond donors (Lipinski definition) is 3. The van der Waals surface area contributed by atoms with Crippen LogP contribution >= 0.6 is 0 Å². The lowest BCUT2D eigenvalue weighted by Crippen LogP contribution is -2.40. The second-order valence-electron chi connectivity index (χ2n) is 8.96. The molecule has 5 N–H and O–H groups in total. The minimum absolute atomic E-state index is 0.260. The summed E-state index contributed by atoms with van der Waals surface area (Å²) in [6, 6.07) is 18.8. The van der Waals surface area contributed by atoms with Gasteiger partial charge in [-0.1, -0.05) is 56.3 Å². The van der Waals surface area contributed by atoms with Crippen LogP contribution in [0.15, 0.2) is 60.7 Å². The van der Waals surface area contributed by atoms with Gasteiger partial charge in [-0.2, -0.15) is 0 Å². The Labute approximate surface area is 202 Å². The molecule has 0 heterocycles. The smallest absolute Gasteiger partial charge is 0.198 e. The van der Waals surface area contributed by atoms with Crippen LogP contribution in [0.25, 0.3) is 0 Å². The third-order valence-corrected chi connectivity index (χ3v) is 5.97. The summed E-state index contributed by atoms with van der Waals surface area (Å²) in [5.74, 6) is -0.522. The first-order valence-electron chi connectivity index (χ1n) is 11.8. The van der Waals surface area contributed by atoms with Crippen molar-refractivity contribution in [2.75, 3.05) is 44.0 Å². The first kappa shape index (κ1) is 25.0. The summed E-state index contributed by atoms with van der Waals surface area (Å²) < 4.78 is 0.854. The number of anilines is 3. The van der Waals surface area contributed by atoms with Gasteiger partial charge in [-0.05, 0) is 18.2 Å². The van der Waals surface area contributed by atoms with Crippen LogP contribution in [-0.4, -0.2) is 43.2 Å². The molecular weight excluding hydrogens is 424 g/mol. The zero-order chi connectivity index (χ0) is 24.9. The number of nitrogens with zero attached hydrogens (tertiary/aromatic N) is 1. The topological polar surface area (TPSA) is 98.2 Å². The van der Waals surface area contributed by atoms with Crippen molar-refractivity contribution in [3.05, 3.63) is 88.5 Å². The molecule has 0 unspecified atom stereocenters. The molecular formula is C28H35N4O2+. The van der Waals surface area contributed by atoms with Crippen LogP contribution in [0.5, 0.6) is 0 Å². The van der Waals surface area contributed by atoms with E-state index in [1.54, 1.807) is 30.3 Å². The molecule has 0 radical (unpaired) electrons. The second-order valence-corrected chi connectivity index (χ2v) is 8.96. The summed E-state index contributed by atoms with van der Waals surface area (Å²) in [5, 5.41) is 3.36. The summed E-state index contributed by atoms with van der Waals surface area (Å²) in [5.41, 5.74) is 15.8. The van der Waals surface area contributed by atoms with Crippen molar-refractivity contribution in [1.82, 2.24) is 0 Å². The molecule has 0 fully saturated rings. The Kier molecular flexibility index (Phi) is 7.74. The number of carbonyl (C=O) groups excluding carboxylic acids is 2. The van der Waals surface area contributed by atoms with E-state index in [0.29, 0.717) is 34.7 Å². The SMILES string of the molecule is CC.C[N+](C)(CCCNc1ccc(N)c2c1C(=O)c1c(N)cccc1C2=O)Cc1ccccc1. The van der Waals surface area contributed by atoms with Gasteiger partial charge in [0, 0.05) is 41.2 Å². The number of carbonyl (C=O) groups is 2.